The number of carbonyl (C=O) groups is 2. The van der Waals surface area contributed by atoms with Crippen LogP contribution in [0.5, 0.6) is 0 Å². The second-order valence-corrected chi connectivity index (χ2v) is 9.16. The van der Waals surface area contributed by atoms with Crippen LogP contribution >= 0.6 is 0 Å². The van der Waals surface area contributed by atoms with Crippen LogP contribution in [0.1, 0.15) is 73.9 Å². The van der Waals surface area contributed by atoms with Crippen molar-refractivity contribution in [2.75, 3.05) is 16.8 Å². The van der Waals surface area contributed by atoms with Crippen molar-refractivity contribution < 1.29 is 9.59 Å². The highest BCUT2D eigenvalue weighted by molar-refractivity contribution is 6.02. The van der Waals surface area contributed by atoms with Gasteiger partial charge >= 0.3 is 0 Å². The number of rotatable bonds is 9. The first-order chi connectivity index (χ1) is 15.6. The van der Waals surface area contributed by atoms with E-state index in [4.69, 9.17) is 0 Å². The van der Waals surface area contributed by atoms with Crippen LogP contribution in [0, 0.1) is 5.92 Å². The highest BCUT2D eigenvalue weighted by Crippen LogP contribution is 2.31. The van der Waals surface area contributed by atoms with Crippen LogP contribution in [0.15, 0.2) is 42.5 Å². The van der Waals surface area contributed by atoms with Gasteiger partial charge in [0.05, 0.1) is 5.56 Å². The average molecular weight is 434 g/mol. The first kappa shape index (κ1) is 22.4. The van der Waals surface area contributed by atoms with Crippen molar-refractivity contribution in [3.8, 4) is 0 Å². The molecule has 0 spiro atoms. The first-order valence-corrected chi connectivity index (χ1v) is 12.2. The fourth-order valence-corrected chi connectivity index (χ4v) is 4.48. The molecule has 5 nitrogen and oxygen atoms in total. The number of nitrogens with one attached hydrogen (secondary N) is 2. The quantitative estimate of drug-likeness (QED) is 0.564. The summed E-state index contributed by atoms with van der Waals surface area (Å²) in [4.78, 5) is 28.2. The van der Waals surface area contributed by atoms with Crippen LogP contribution in [0.2, 0.25) is 0 Å². The zero-order valence-corrected chi connectivity index (χ0v) is 19.3. The van der Waals surface area contributed by atoms with Crippen molar-refractivity contribution in [2.24, 2.45) is 5.92 Å². The maximum absolute atomic E-state index is 13.1. The molecule has 5 heteroatoms. The number of fused-ring (bicyclic) bond motifs is 1. The van der Waals surface area contributed by atoms with E-state index in [1.54, 1.807) is 0 Å². The molecule has 2 N–H and O–H groups in total. The maximum atomic E-state index is 13.1. The van der Waals surface area contributed by atoms with Gasteiger partial charge in [-0.3, -0.25) is 9.59 Å². The molecule has 2 aromatic rings. The summed E-state index contributed by atoms with van der Waals surface area (Å²) in [6.07, 6.45) is 6.92. The Morgan fingerprint density at radius 1 is 1.09 bits per heavy atom. The Labute approximate surface area is 191 Å². The largest absolute Gasteiger partial charge is 0.366 e. The molecule has 1 aliphatic heterocycles. The molecular formula is C27H35N3O2. The molecule has 1 saturated carbocycles. The van der Waals surface area contributed by atoms with Crippen LogP contribution < -0.4 is 15.5 Å². The minimum atomic E-state index is -0.0458. The van der Waals surface area contributed by atoms with E-state index >= 15 is 0 Å². The Morgan fingerprint density at radius 2 is 1.88 bits per heavy atom. The molecule has 0 saturated heterocycles. The van der Waals surface area contributed by atoms with Crippen molar-refractivity contribution in [1.82, 2.24) is 5.32 Å². The lowest BCUT2D eigenvalue weighted by Crippen LogP contribution is -2.34. The van der Waals surface area contributed by atoms with E-state index in [9.17, 15) is 9.59 Å². The van der Waals surface area contributed by atoms with E-state index in [0.717, 1.165) is 63.7 Å². The topological polar surface area (TPSA) is 61.4 Å². The second kappa shape index (κ2) is 10.2. The van der Waals surface area contributed by atoms with Gasteiger partial charge in [0.25, 0.3) is 5.91 Å². The molecule has 2 aliphatic rings. The molecule has 0 unspecified atom stereocenters. The molecule has 1 atom stereocenters. The lowest BCUT2D eigenvalue weighted by molar-refractivity contribution is -0.120. The molecule has 4 rings (SSSR count). The number of anilines is 2. The summed E-state index contributed by atoms with van der Waals surface area (Å²) in [7, 11) is 0. The van der Waals surface area contributed by atoms with Gasteiger partial charge in [-0.05, 0) is 61.4 Å². The zero-order valence-electron chi connectivity index (χ0n) is 19.3. The van der Waals surface area contributed by atoms with Gasteiger partial charge in [-0.1, -0.05) is 51.0 Å². The van der Waals surface area contributed by atoms with E-state index in [0.29, 0.717) is 11.3 Å². The smallest absolute Gasteiger partial charge is 0.253 e. The Hall–Kier alpha value is -2.82. The van der Waals surface area contributed by atoms with Crippen molar-refractivity contribution in [1.29, 1.82) is 0 Å². The zero-order chi connectivity index (χ0) is 22.5. The standard InChI is InChI=1S/C27H35N3O2/c1-3-5-8-19(4-2)26(31)29-23-13-14-25(24(17-23)27(32)28-22-11-12-22)30-16-15-20-9-6-7-10-21(20)18-30/h6-7,9-10,13-14,17,19,22H,3-5,8,11-12,15-16,18H2,1-2H3,(H,28,32)(H,29,31)/t19-/m0/s1. The molecule has 32 heavy (non-hydrogen) atoms. The second-order valence-electron chi connectivity index (χ2n) is 9.16. The molecule has 1 aliphatic carbocycles. The Morgan fingerprint density at radius 3 is 2.59 bits per heavy atom. The molecule has 1 heterocycles. The maximum Gasteiger partial charge on any atom is 0.253 e. The van der Waals surface area contributed by atoms with Crippen molar-refractivity contribution in [3.05, 3.63) is 59.2 Å². The van der Waals surface area contributed by atoms with Gasteiger partial charge < -0.3 is 15.5 Å². The Balaban J connectivity index is 1.57. The normalized spacial score (nSPS) is 16.2. The molecule has 2 amide bonds. The monoisotopic (exact) mass is 433 g/mol. The number of nitrogens with zero attached hydrogens (tertiary/aromatic N) is 1. The van der Waals surface area contributed by atoms with Gasteiger partial charge in [-0.15, -0.1) is 0 Å². The van der Waals surface area contributed by atoms with Gasteiger partial charge in [0, 0.05) is 36.4 Å². The highest BCUT2D eigenvalue weighted by Gasteiger charge is 2.27. The summed E-state index contributed by atoms with van der Waals surface area (Å²) in [5.74, 6) is 0.0154. The van der Waals surface area contributed by atoms with Crippen LogP contribution in [-0.4, -0.2) is 24.4 Å². The summed E-state index contributed by atoms with van der Waals surface area (Å²) in [6.45, 7) is 5.88. The fraction of sp³-hybridized carbons (Fsp3) is 0.481. The lowest BCUT2D eigenvalue weighted by Gasteiger charge is -2.32. The van der Waals surface area contributed by atoms with E-state index in [1.165, 1.54) is 11.1 Å². The Bertz CT molecular complexity index is 967. The summed E-state index contributed by atoms with van der Waals surface area (Å²) >= 11 is 0. The molecule has 1 fully saturated rings. The van der Waals surface area contributed by atoms with Gasteiger partial charge in [0.2, 0.25) is 5.91 Å². The first-order valence-electron chi connectivity index (χ1n) is 12.2. The number of benzene rings is 2. The molecule has 2 aromatic carbocycles. The van der Waals surface area contributed by atoms with Gasteiger partial charge in [-0.2, -0.15) is 0 Å². The fourth-order valence-electron chi connectivity index (χ4n) is 4.48. The summed E-state index contributed by atoms with van der Waals surface area (Å²) in [5.41, 5.74) is 4.98. The number of unbranched alkanes of at least 4 members (excludes halogenated alkanes) is 1. The van der Waals surface area contributed by atoms with E-state index in [-0.39, 0.29) is 23.8 Å². The van der Waals surface area contributed by atoms with E-state index in [1.807, 2.05) is 18.2 Å². The molecular weight excluding hydrogens is 398 g/mol. The number of hydrogen-bond donors (Lipinski definition) is 2. The third-order valence-electron chi connectivity index (χ3n) is 6.66. The number of hydrogen-bond acceptors (Lipinski definition) is 3. The predicted octanol–water partition coefficient (Wildman–Crippen LogP) is 5.30. The Kier molecular flexibility index (Phi) is 7.13. The van der Waals surface area contributed by atoms with E-state index in [2.05, 4.69) is 53.6 Å². The minimum absolute atomic E-state index is 0.0111. The van der Waals surface area contributed by atoms with Gasteiger partial charge in [0.1, 0.15) is 0 Å². The van der Waals surface area contributed by atoms with Crippen molar-refractivity contribution in [2.45, 2.75) is 71.4 Å². The van der Waals surface area contributed by atoms with Gasteiger partial charge in [0.15, 0.2) is 0 Å². The summed E-state index contributed by atoms with van der Waals surface area (Å²) in [5, 5.41) is 6.21. The molecule has 170 valence electrons. The lowest BCUT2D eigenvalue weighted by atomic mass is 9.97. The van der Waals surface area contributed by atoms with Gasteiger partial charge in [-0.25, -0.2) is 0 Å². The van der Waals surface area contributed by atoms with Crippen molar-refractivity contribution >= 4 is 23.2 Å². The minimum Gasteiger partial charge on any atom is -0.366 e. The predicted molar refractivity (Wildman–Crippen MR) is 130 cm³/mol. The summed E-state index contributed by atoms with van der Waals surface area (Å²) in [6, 6.07) is 14.6. The SMILES string of the molecule is CCCC[C@H](CC)C(=O)Nc1ccc(N2CCc3ccccc3C2)c(C(=O)NC2CC2)c1. The van der Waals surface area contributed by atoms with Crippen LogP contribution in [0.4, 0.5) is 11.4 Å². The van der Waals surface area contributed by atoms with Crippen LogP contribution in [-0.2, 0) is 17.8 Å². The van der Waals surface area contributed by atoms with Crippen LogP contribution in [0.25, 0.3) is 0 Å². The molecule has 0 aromatic heterocycles. The van der Waals surface area contributed by atoms with E-state index < -0.39 is 0 Å². The number of carbonyl (C=O) groups excluding carboxylic acids is 2. The third kappa shape index (κ3) is 5.32. The van der Waals surface area contributed by atoms with Crippen molar-refractivity contribution in [3.63, 3.8) is 0 Å². The summed E-state index contributed by atoms with van der Waals surface area (Å²) < 4.78 is 0. The van der Waals surface area contributed by atoms with Crippen LogP contribution in [0.3, 0.4) is 0 Å². The third-order valence-corrected chi connectivity index (χ3v) is 6.66. The molecule has 0 bridgehead atoms. The number of amides is 2. The highest BCUT2D eigenvalue weighted by atomic mass is 16.2. The average Bonchev–Trinajstić information content (AvgIpc) is 3.63. The molecule has 0 radical (unpaired) electrons.